The molecular formula is C15H13ClN2O4S. The van der Waals surface area contributed by atoms with Crippen LogP contribution in [0.2, 0.25) is 5.02 Å². The molecule has 0 radical (unpaired) electrons. The van der Waals surface area contributed by atoms with Crippen molar-refractivity contribution in [3.8, 4) is 0 Å². The van der Waals surface area contributed by atoms with Gasteiger partial charge in [-0.1, -0.05) is 29.8 Å². The number of hydrogen-bond acceptors (Lipinski definition) is 5. The van der Waals surface area contributed by atoms with E-state index in [1.165, 1.54) is 12.3 Å². The average molecular weight is 353 g/mol. The number of rotatable bonds is 2. The van der Waals surface area contributed by atoms with Crippen LogP contribution in [0.4, 0.5) is 5.82 Å². The third-order valence-electron chi connectivity index (χ3n) is 3.67. The van der Waals surface area contributed by atoms with Crippen molar-refractivity contribution in [2.24, 2.45) is 0 Å². The lowest BCUT2D eigenvalue weighted by atomic mass is 10.2. The molecule has 8 heteroatoms. The third kappa shape index (κ3) is 3.02. The van der Waals surface area contributed by atoms with Crippen LogP contribution >= 0.6 is 11.6 Å². The van der Waals surface area contributed by atoms with E-state index in [0.29, 0.717) is 22.8 Å². The standard InChI is InChI=1S/C15H13ClN2O4S/c16-12-7-11(15(19)20)8-17-14(12)18-5-6-23(21,22)13-4-2-1-3-10(13)9-18/h1-4,7-8H,5-6,9H2,(H,19,20). The van der Waals surface area contributed by atoms with E-state index in [1.54, 1.807) is 29.2 Å². The van der Waals surface area contributed by atoms with Crippen LogP contribution in [-0.4, -0.2) is 36.8 Å². The number of carboxylic acid groups (broad SMARTS) is 1. The maximum atomic E-state index is 12.3. The maximum Gasteiger partial charge on any atom is 0.337 e. The Balaban J connectivity index is 2.02. The van der Waals surface area contributed by atoms with Crippen LogP contribution in [-0.2, 0) is 16.4 Å². The van der Waals surface area contributed by atoms with Gasteiger partial charge in [-0.2, -0.15) is 0 Å². The van der Waals surface area contributed by atoms with Gasteiger partial charge in [0.05, 0.1) is 21.2 Å². The molecule has 1 N–H and O–H groups in total. The average Bonchev–Trinajstić information content (AvgIpc) is 2.64. The van der Waals surface area contributed by atoms with Crippen molar-refractivity contribution in [2.45, 2.75) is 11.4 Å². The van der Waals surface area contributed by atoms with Gasteiger partial charge >= 0.3 is 5.97 Å². The number of nitrogens with zero attached hydrogens (tertiary/aromatic N) is 2. The molecule has 0 amide bonds. The minimum absolute atomic E-state index is 0.0124. The van der Waals surface area contributed by atoms with Gasteiger partial charge in [0, 0.05) is 19.3 Å². The first-order valence-corrected chi connectivity index (χ1v) is 8.86. The van der Waals surface area contributed by atoms with E-state index in [0.717, 1.165) is 0 Å². The van der Waals surface area contributed by atoms with Crippen molar-refractivity contribution in [2.75, 3.05) is 17.2 Å². The zero-order valence-electron chi connectivity index (χ0n) is 11.9. The van der Waals surface area contributed by atoms with Crippen LogP contribution in [0.1, 0.15) is 15.9 Å². The summed E-state index contributed by atoms with van der Waals surface area (Å²) in [4.78, 5) is 17.1. The number of benzene rings is 1. The first-order valence-electron chi connectivity index (χ1n) is 6.83. The first kappa shape index (κ1) is 15.8. The Morgan fingerprint density at radius 2 is 2.04 bits per heavy atom. The quantitative estimate of drug-likeness (QED) is 0.891. The van der Waals surface area contributed by atoms with E-state index >= 15 is 0 Å². The van der Waals surface area contributed by atoms with Crippen LogP contribution in [0.5, 0.6) is 0 Å². The smallest absolute Gasteiger partial charge is 0.337 e. The molecule has 0 fully saturated rings. The Morgan fingerprint density at radius 3 is 2.74 bits per heavy atom. The number of anilines is 1. The minimum Gasteiger partial charge on any atom is -0.478 e. The summed E-state index contributed by atoms with van der Waals surface area (Å²) in [5.41, 5.74) is 0.659. The highest BCUT2D eigenvalue weighted by Crippen LogP contribution is 2.29. The molecule has 6 nitrogen and oxygen atoms in total. The Morgan fingerprint density at radius 1 is 1.30 bits per heavy atom. The SMILES string of the molecule is O=C(O)c1cnc(N2CCS(=O)(=O)c3ccccc3C2)c(Cl)c1. The second-order valence-electron chi connectivity index (χ2n) is 5.18. The number of aromatic carboxylic acids is 1. The predicted octanol–water partition coefficient (Wildman–Crippen LogP) is 2.23. The Labute approximate surface area is 138 Å². The van der Waals surface area contributed by atoms with Gasteiger partial charge in [-0.05, 0) is 17.7 Å². The van der Waals surface area contributed by atoms with E-state index in [2.05, 4.69) is 4.98 Å². The topological polar surface area (TPSA) is 87.6 Å². The van der Waals surface area contributed by atoms with Gasteiger partial charge < -0.3 is 10.0 Å². The normalized spacial score (nSPS) is 16.5. The maximum absolute atomic E-state index is 12.3. The summed E-state index contributed by atoms with van der Waals surface area (Å²) in [5.74, 6) is -0.791. The zero-order chi connectivity index (χ0) is 16.6. The van der Waals surface area contributed by atoms with Gasteiger partial charge in [-0.15, -0.1) is 0 Å². The zero-order valence-corrected chi connectivity index (χ0v) is 13.5. The molecule has 0 atom stereocenters. The van der Waals surface area contributed by atoms with Crippen LogP contribution < -0.4 is 4.90 Å². The monoisotopic (exact) mass is 352 g/mol. The molecule has 1 aromatic heterocycles. The summed E-state index contributed by atoms with van der Waals surface area (Å²) in [7, 11) is -3.36. The highest BCUT2D eigenvalue weighted by atomic mass is 35.5. The predicted molar refractivity (Wildman–Crippen MR) is 85.8 cm³/mol. The number of carbonyl (C=O) groups is 1. The summed E-state index contributed by atoms with van der Waals surface area (Å²) in [6, 6.07) is 8.14. The molecule has 2 heterocycles. The fourth-order valence-electron chi connectivity index (χ4n) is 2.52. The molecule has 0 spiro atoms. The first-order chi connectivity index (χ1) is 10.9. The number of fused-ring (bicyclic) bond motifs is 1. The molecular weight excluding hydrogens is 340 g/mol. The molecule has 0 bridgehead atoms. The lowest BCUT2D eigenvalue weighted by Gasteiger charge is -2.22. The number of hydrogen-bond donors (Lipinski definition) is 1. The lowest BCUT2D eigenvalue weighted by molar-refractivity contribution is 0.0696. The van der Waals surface area contributed by atoms with Crippen molar-refractivity contribution in [3.63, 3.8) is 0 Å². The molecule has 0 unspecified atom stereocenters. The van der Waals surface area contributed by atoms with Gasteiger partial charge in [0.1, 0.15) is 5.82 Å². The van der Waals surface area contributed by atoms with E-state index in [1.807, 2.05) is 0 Å². The Kier molecular flexibility index (Phi) is 3.99. The molecule has 2 aromatic rings. The molecule has 1 aliphatic rings. The molecule has 0 saturated carbocycles. The number of halogens is 1. The molecule has 1 aromatic carbocycles. The second kappa shape index (κ2) is 5.82. The number of pyridine rings is 1. The third-order valence-corrected chi connectivity index (χ3v) is 5.73. The fourth-order valence-corrected chi connectivity index (χ4v) is 4.31. The Bertz CT molecular complexity index is 883. The molecule has 1 aliphatic heterocycles. The van der Waals surface area contributed by atoms with Gasteiger partial charge in [-0.25, -0.2) is 18.2 Å². The van der Waals surface area contributed by atoms with E-state index in [4.69, 9.17) is 16.7 Å². The summed E-state index contributed by atoms with van der Waals surface area (Å²) in [6.45, 7) is 0.574. The van der Waals surface area contributed by atoms with Crippen LogP contribution in [0, 0.1) is 0 Å². The Hall–Kier alpha value is -2.12. The van der Waals surface area contributed by atoms with E-state index < -0.39 is 15.8 Å². The summed E-state index contributed by atoms with van der Waals surface area (Å²) in [6.07, 6.45) is 1.22. The molecule has 0 aliphatic carbocycles. The number of aromatic nitrogens is 1. The van der Waals surface area contributed by atoms with Crippen LogP contribution in [0.15, 0.2) is 41.4 Å². The van der Waals surface area contributed by atoms with Gasteiger partial charge in [-0.3, -0.25) is 0 Å². The van der Waals surface area contributed by atoms with Crippen molar-refractivity contribution in [1.29, 1.82) is 0 Å². The van der Waals surface area contributed by atoms with Crippen molar-refractivity contribution < 1.29 is 18.3 Å². The highest BCUT2D eigenvalue weighted by molar-refractivity contribution is 7.91. The minimum atomic E-state index is -3.36. The molecule has 120 valence electrons. The molecule has 23 heavy (non-hydrogen) atoms. The second-order valence-corrected chi connectivity index (χ2v) is 7.67. The van der Waals surface area contributed by atoms with Crippen molar-refractivity contribution >= 4 is 33.2 Å². The number of carboxylic acids is 1. The van der Waals surface area contributed by atoms with E-state index in [-0.39, 0.29) is 22.9 Å². The van der Waals surface area contributed by atoms with Crippen LogP contribution in [0.25, 0.3) is 0 Å². The lowest BCUT2D eigenvalue weighted by Crippen LogP contribution is -2.27. The number of sulfone groups is 1. The summed E-state index contributed by atoms with van der Waals surface area (Å²) >= 11 is 6.14. The van der Waals surface area contributed by atoms with Crippen molar-refractivity contribution in [1.82, 2.24) is 4.98 Å². The van der Waals surface area contributed by atoms with Gasteiger partial charge in [0.25, 0.3) is 0 Å². The summed E-state index contributed by atoms with van der Waals surface area (Å²) in [5, 5.41) is 9.14. The van der Waals surface area contributed by atoms with E-state index in [9.17, 15) is 13.2 Å². The largest absolute Gasteiger partial charge is 0.478 e. The highest BCUT2D eigenvalue weighted by Gasteiger charge is 2.26. The summed E-state index contributed by atoms with van der Waals surface area (Å²) < 4.78 is 24.7. The fraction of sp³-hybridized carbons (Fsp3) is 0.200. The molecule has 3 rings (SSSR count). The molecule has 0 saturated heterocycles. The van der Waals surface area contributed by atoms with Gasteiger partial charge in [0.15, 0.2) is 9.84 Å². The van der Waals surface area contributed by atoms with Crippen LogP contribution in [0.3, 0.4) is 0 Å². The van der Waals surface area contributed by atoms with Gasteiger partial charge in [0.2, 0.25) is 0 Å². The van der Waals surface area contributed by atoms with Crippen molar-refractivity contribution in [3.05, 3.63) is 52.7 Å².